The maximum absolute atomic E-state index is 12.9. The minimum absolute atomic E-state index is 0.00968. The summed E-state index contributed by atoms with van der Waals surface area (Å²) in [6.45, 7) is 13.3. The molecule has 1 aliphatic heterocycles. The normalized spacial score (nSPS) is 22.2. The summed E-state index contributed by atoms with van der Waals surface area (Å²) in [5.41, 5.74) is 0.805. The molecule has 2 aromatic rings. The second kappa shape index (κ2) is 10.7. The first kappa shape index (κ1) is 28.1. The highest BCUT2D eigenvalue weighted by Gasteiger charge is 2.39. The first-order chi connectivity index (χ1) is 17.8. The third-order valence-electron chi connectivity index (χ3n) is 7.00. The van der Waals surface area contributed by atoms with Gasteiger partial charge in [0, 0.05) is 24.9 Å². The topological polar surface area (TPSA) is 108 Å². The zero-order valence-electron chi connectivity index (χ0n) is 23.4. The predicted octanol–water partition coefficient (Wildman–Crippen LogP) is 5.77. The van der Waals surface area contributed by atoms with E-state index >= 15 is 0 Å². The molecule has 3 atom stereocenters. The highest BCUT2D eigenvalue weighted by atomic mass is 32.2. The van der Waals surface area contributed by atoms with Crippen LogP contribution in [0.25, 0.3) is 0 Å². The molecular formula is C28H39N3O6S. The third kappa shape index (κ3) is 6.22. The molecule has 9 nitrogen and oxygen atoms in total. The molecule has 0 spiro atoms. The zero-order valence-corrected chi connectivity index (χ0v) is 24.2. The van der Waals surface area contributed by atoms with Gasteiger partial charge in [-0.2, -0.15) is 0 Å². The van der Waals surface area contributed by atoms with Gasteiger partial charge in [-0.15, -0.1) is 0 Å². The number of sulfone groups is 1. The van der Waals surface area contributed by atoms with Crippen LogP contribution < -0.4 is 9.47 Å². The lowest BCUT2D eigenvalue weighted by Crippen LogP contribution is -2.54. The van der Waals surface area contributed by atoms with E-state index in [1.165, 1.54) is 6.33 Å². The molecule has 0 radical (unpaired) electrons. The maximum atomic E-state index is 12.9. The van der Waals surface area contributed by atoms with Gasteiger partial charge in [-0.25, -0.2) is 23.2 Å². The summed E-state index contributed by atoms with van der Waals surface area (Å²) in [6.07, 6.45) is 4.50. The SMILES string of the molecule is CCC1C[C@H](Oc2ncnc(Oc3ccc(S(=O)(=O)C4CC4)cc3C)c2C)C[C@H](C)N1C(=O)OC(C)(C)C. The quantitative estimate of drug-likeness (QED) is 0.432. The Hall–Kier alpha value is -2.88. The van der Waals surface area contributed by atoms with E-state index in [9.17, 15) is 13.2 Å². The number of carbonyl (C=O) groups is 1. The smallest absolute Gasteiger partial charge is 0.410 e. The van der Waals surface area contributed by atoms with Crippen LogP contribution >= 0.6 is 0 Å². The third-order valence-corrected chi connectivity index (χ3v) is 9.26. The molecule has 0 bridgehead atoms. The number of benzene rings is 1. The van der Waals surface area contributed by atoms with Gasteiger partial charge >= 0.3 is 6.09 Å². The van der Waals surface area contributed by atoms with E-state index in [1.807, 2.05) is 46.4 Å². The molecule has 2 fully saturated rings. The van der Waals surface area contributed by atoms with Crippen molar-refractivity contribution in [1.29, 1.82) is 0 Å². The molecule has 1 aromatic heterocycles. The Balaban J connectivity index is 1.47. The zero-order chi connectivity index (χ0) is 27.8. The highest BCUT2D eigenvalue weighted by Crippen LogP contribution is 2.37. The summed E-state index contributed by atoms with van der Waals surface area (Å²) in [5.74, 6) is 1.30. The van der Waals surface area contributed by atoms with Gasteiger partial charge in [-0.1, -0.05) is 6.92 Å². The summed E-state index contributed by atoms with van der Waals surface area (Å²) in [4.78, 5) is 23.7. The van der Waals surface area contributed by atoms with E-state index in [0.29, 0.717) is 46.4 Å². The lowest BCUT2D eigenvalue weighted by atomic mass is 9.92. The standard InChI is InChI=1S/C28H39N3O6S/c1-8-20-15-21(14-18(3)31(20)27(32)37-28(5,6)7)35-25-19(4)26(30-16-29-25)36-24-12-11-23(13-17(24)2)38(33,34)22-9-10-22/h11-13,16,18,20-22H,8-10,14-15H2,1-7H3/t18-,20?,21+/m0/s1. The number of aryl methyl sites for hydroxylation is 1. The maximum Gasteiger partial charge on any atom is 0.410 e. The fraction of sp³-hybridized carbons (Fsp3) is 0.607. The highest BCUT2D eigenvalue weighted by molar-refractivity contribution is 7.92. The number of ether oxygens (including phenoxy) is 3. The van der Waals surface area contributed by atoms with Crippen molar-refractivity contribution in [3.05, 3.63) is 35.7 Å². The Kier molecular flexibility index (Phi) is 7.93. The number of nitrogens with zero attached hydrogens (tertiary/aromatic N) is 3. The van der Waals surface area contributed by atoms with Crippen LogP contribution in [-0.4, -0.2) is 58.4 Å². The molecule has 1 aromatic carbocycles. The number of likely N-dealkylation sites (tertiary alicyclic amines) is 1. The number of hydrogen-bond acceptors (Lipinski definition) is 8. The van der Waals surface area contributed by atoms with Gasteiger partial charge in [0.2, 0.25) is 11.8 Å². The lowest BCUT2D eigenvalue weighted by molar-refractivity contribution is -0.0229. The summed E-state index contributed by atoms with van der Waals surface area (Å²) in [6, 6.07) is 4.85. The van der Waals surface area contributed by atoms with Crippen molar-refractivity contribution in [1.82, 2.24) is 14.9 Å². The molecule has 208 valence electrons. The average molecular weight is 546 g/mol. The first-order valence-corrected chi connectivity index (χ1v) is 14.9. The van der Waals surface area contributed by atoms with Gasteiger partial charge in [-0.3, -0.25) is 0 Å². The van der Waals surface area contributed by atoms with Gasteiger partial charge in [-0.05, 0) is 84.6 Å². The van der Waals surface area contributed by atoms with Crippen LogP contribution in [0.15, 0.2) is 29.4 Å². The van der Waals surface area contributed by atoms with Crippen LogP contribution in [0.4, 0.5) is 4.79 Å². The average Bonchev–Trinajstić information content (AvgIpc) is 3.67. The fourth-order valence-electron chi connectivity index (χ4n) is 4.86. The van der Waals surface area contributed by atoms with Crippen LogP contribution in [-0.2, 0) is 14.6 Å². The van der Waals surface area contributed by atoms with Crippen molar-refractivity contribution in [3.63, 3.8) is 0 Å². The number of carbonyl (C=O) groups excluding carboxylic acids is 1. The second-order valence-electron chi connectivity index (χ2n) is 11.4. The van der Waals surface area contributed by atoms with Crippen molar-refractivity contribution >= 4 is 15.9 Å². The van der Waals surface area contributed by atoms with E-state index in [1.54, 1.807) is 18.2 Å². The summed E-state index contributed by atoms with van der Waals surface area (Å²) in [5, 5.41) is -0.261. The minimum atomic E-state index is -3.27. The Bertz CT molecular complexity index is 1290. The van der Waals surface area contributed by atoms with E-state index in [0.717, 1.165) is 19.3 Å². The van der Waals surface area contributed by atoms with Crippen LogP contribution in [0.5, 0.6) is 17.5 Å². The summed E-state index contributed by atoms with van der Waals surface area (Å²) < 4.78 is 43.2. The van der Waals surface area contributed by atoms with E-state index in [-0.39, 0.29) is 29.5 Å². The number of rotatable bonds is 7. The van der Waals surface area contributed by atoms with Crippen molar-refractivity contribution in [2.24, 2.45) is 0 Å². The molecule has 0 N–H and O–H groups in total. The van der Waals surface area contributed by atoms with Gasteiger partial charge < -0.3 is 19.1 Å². The van der Waals surface area contributed by atoms with E-state index in [2.05, 4.69) is 16.9 Å². The number of piperidine rings is 1. The Morgan fingerprint density at radius 1 is 1.11 bits per heavy atom. The molecule has 10 heteroatoms. The first-order valence-electron chi connectivity index (χ1n) is 13.3. The Morgan fingerprint density at radius 3 is 2.39 bits per heavy atom. The van der Waals surface area contributed by atoms with E-state index < -0.39 is 15.4 Å². The van der Waals surface area contributed by atoms with Gasteiger partial charge in [0.05, 0.1) is 15.7 Å². The molecule has 1 saturated carbocycles. The molecule has 1 unspecified atom stereocenters. The monoisotopic (exact) mass is 545 g/mol. The van der Waals surface area contributed by atoms with Crippen molar-refractivity contribution in [2.75, 3.05) is 0 Å². The van der Waals surface area contributed by atoms with Gasteiger partial charge in [0.15, 0.2) is 9.84 Å². The summed E-state index contributed by atoms with van der Waals surface area (Å²) in [7, 11) is -3.27. The molecule has 2 heterocycles. The minimum Gasteiger partial charge on any atom is -0.474 e. The van der Waals surface area contributed by atoms with Crippen LogP contribution in [0.2, 0.25) is 0 Å². The van der Waals surface area contributed by atoms with Crippen LogP contribution in [0.1, 0.15) is 77.8 Å². The number of hydrogen-bond donors (Lipinski definition) is 0. The van der Waals surface area contributed by atoms with Gasteiger partial charge in [0.1, 0.15) is 23.8 Å². The molecule has 1 aliphatic carbocycles. The largest absolute Gasteiger partial charge is 0.474 e. The number of amides is 1. The van der Waals surface area contributed by atoms with Crippen molar-refractivity contribution in [3.8, 4) is 17.5 Å². The van der Waals surface area contributed by atoms with E-state index in [4.69, 9.17) is 14.2 Å². The predicted molar refractivity (Wildman–Crippen MR) is 143 cm³/mol. The molecule has 4 rings (SSSR count). The van der Waals surface area contributed by atoms with Crippen LogP contribution in [0.3, 0.4) is 0 Å². The fourth-order valence-corrected chi connectivity index (χ4v) is 6.60. The van der Waals surface area contributed by atoms with Crippen molar-refractivity contribution < 1.29 is 27.4 Å². The van der Waals surface area contributed by atoms with Crippen molar-refractivity contribution in [2.45, 2.75) is 115 Å². The second-order valence-corrected chi connectivity index (χ2v) is 13.6. The molecule has 1 saturated heterocycles. The Labute approximate surface area is 225 Å². The molecular weight excluding hydrogens is 506 g/mol. The lowest BCUT2D eigenvalue weighted by Gasteiger charge is -2.43. The molecule has 38 heavy (non-hydrogen) atoms. The summed E-state index contributed by atoms with van der Waals surface area (Å²) >= 11 is 0. The Morgan fingerprint density at radius 2 is 1.79 bits per heavy atom. The van der Waals surface area contributed by atoms with Gasteiger partial charge in [0.25, 0.3) is 0 Å². The van der Waals surface area contributed by atoms with Crippen LogP contribution in [0, 0.1) is 13.8 Å². The number of aromatic nitrogens is 2. The molecule has 2 aliphatic rings. The molecule has 1 amide bonds.